The average molecular weight is 329 g/mol. The highest BCUT2D eigenvalue weighted by Crippen LogP contribution is 2.25. The zero-order valence-electron chi connectivity index (χ0n) is 12.9. The fourth-order valence-electron chi connectivity index (χ4n) is 2.54. The van der Waals surface area contributed by atoms with Gasteiger partial charge >= 0.3 is 0 Å². The Kier molecular flexibility index (Phi) is 4.26. The summed E-state index contributed by atoms with van der Waals surface area (Å²) in [5.74, 6) is 0.625. The van der Waals surface area contributed by atoms with E-state index in [1.165, 1.54) is 0 Å². The number of halogens is 1. The standard InChI is InChI=1S/C18H17ClN2O2/c1-11-15-8-7-14(23-2)9-16(15)21-17(11)18(22)20-10-12-3-5-13(19)6-4-12/h3-9,21H,10H2,1-2H3,(H,20,22). The van der Waals surface area contributed by atoms with E-state index in [1.54, 1.807) is 7.11 Å². The summed E-state index contributed by atoms with van der Waals surface area (Å²) in [6.07, 6.45) is 0. The zero-order valence-corrected chi connectivity index (χ0v) is 13.7. The zero-order chi connectivity index (χ0) is 16.4. The van der Waals surface area contributed by atoms with Crippen molar-refractivity contribution in [2.75, 3.05) is 7.11 Å². The monoisotopic (exact) mass is 328 g/mol. The van der Waals surface area contributed by atoms with Gasteiger partial charge in [-0.1, -0.05) is 23.7 Å². The van der Waals surface area contributed by atoms with Gasteiger partial charge in [0.2, 0.25) is 0 Å². The van der Waals surface area contributed by atoms with Crippen molar-refractivity contribution in [1.82, 2.24) is 10.3 Å². The summed E-state index contributed by atoms with van der Waals surface area (Å²) in [6.45, 7) is 2.39. The van der Waals surface area contributed by atoms with Crippen molar-refractivity contribution in [2.24, 2.45) is 0 Å². The number of carbonyl (C=O) groups is 1. The molecule has 5 heteroatoms. The Morgan fingerprint density at radius 1 is 1.22 bits per heavy atom. The third-order valence-electron chi connectivity index (χ3n) is 3.86. The van der Waals surface area contributed by atoms with Crippen LogP contribution in [0.5, 0.6) is 5.75 Å². The Hall–Kier alpha value is -2.46. The summed E-state index contributed by atoms with van der Waals surface area (Å²) >= 11 is 5.86. The van der Waals surface area contributed by atoms with Crippen LogP contribution < -0.4 is 10.1 Å². The quantitative estimate of drug-likeness (QED) is 0.758. The molecule has 4 nitrogen and oxygen atoms in total. The number of aromatic amines is 1. The van der Waals surface area contributed by atoms with Crippen LogP contribution >= 0.6 is 11.6 Å². The van der Waals surface area contributed by atoms with Gasteiger partial charge in [-0.25, -0.2) is 0 Å². The van der Waals surface area contributed by atoms with E-state index in [0.717, 1.165) is 27.8 Å². The third-order valence-corrected chi connectivity index (χ3v) is 4.11. The summed E-state index contributed by atoms with van der Waals surface area (Å²) < 4.78 is 5.22. The average Bonchev–Trinajstić information content (AvgIpc) is 2.90. The van der Waals surface area contributed by atoms with Crippen molar-refractivity contribution < 1.29 is 9.53 Å². The van der Waals surface area contributed by atoms with Crippen LogP contribution in [-0.4, -0.2) is 18.0 Å². The second-order valence-electron chi connectivity index (χ2n) is 5.35. The van der Waals surface area contributed by atoms with Crippen molar-refractivity contribution in [3.8, 4) is 5.75 Å². The molecule has 0 aliphatic carbocycles. The van der Waals surface area contributed by atoms with Crippen LogP contribution in [0.1, 0.15) is 21.6 Å². The minimum absolute atomic E-state index is 0.132. The molecule has 23 heavy (non-hydrogen) atoms. The number of amides is 1. The molecule has 1 aromatic heterocycles. The Morgan fingerprint density at radius 3 is 2.65 bits per heavy atom. The Bertz CT molecular complexity index is 853. The molecule has 0 unspecified atom stereocenters. The molecule has 0 saturated heterocycles. The van der Waals surface area contributed by atoms with E-state index in [2.05, 4.69) is 10.3 Å². The van der Waals surface area contributed by atoms with Crippen LogP contribution in [0.2, 0.25) is 5.02 Å². The lowest BCUT2D eigenvalue weighted by Gasteiger charge is -2.05. The molecular weight excluding hydrogens is 312 g/mol. The molecule has 3 aromatic rings. The first kappa shape index (κ1) is 15.4. The number of aryl methyl sites for hydroxylation is 1. The van der Waals surface area contributed by atoms with E-state index in [1.807, 2.05) is 49.4 Å². The number of methoxy groups -OCH3 is 1. The van der Waals surface area contributed by atoms with Crippen LogP contribution in [0.3, 0.4) is 0 Å². The summed E-state index contributed by atoms with van der Waals surface area (Å²) in [4.78, 5) is 15.6. The SMILES string of the molecule is COc1ccc2c(C)c(C(=O)NCc3ccc(Cl)cc3)[nH]c2c1. The molecule has 0 aliphatic heterocycles. The Balaban J connectivity index is 1.80. The van der Waals surface area contributed by atoms with Crippen LogP contribution in [0, 0.1) is 6.92 Å². The minimum atomic E-state index is -0.132. The molecule has 2 aromatic carbocycles. The Morgan fingerprint density at radius 2 is 1.96 bits per heavy atom. The predicted molar refractivity (Wildman–Crippen MR) is 92.2 cm³/mol. The predicted octanol–water partition coefficient (Wildman–Crippen LogP) is 4.07. The van der Waals surface area contributed by atoms with Gasteiger partial charge in [0.15, 0.2) is 0 Å². The summed E-state index contributed by atoms with van der Waals surface area (Å²) in [7, 11) is 1.62. The van der Waals surface area contributed by atoms with Crippen LogP contribution in [0.25, 0.3) is 10.9 Å². The molecule has 0 fully saturated rings. The molecule has 3 rings (SSSR count). The van der Waals surface area contributed by atoms with Crippen molar-refractivity contribution >= 4 is 28.4 Å². The largest absolute Gasteiger partial charge is 0.497 e. The number of ether oxygens (including phenoxy) is 1. The fraction of sp³-hybridized carbons (Fsp3) is 0.167. The number of nitrogens with one attached hydrogen (secondary N) is 2. The molecular formula is C18H17ClN2O2. The second kappa shape index (κ2) is 6.34. The molecule has 0 spiro atoms. The molecule has 1 amide bonds. The van der Waals surface area contributed by atoms with Crippen molar-refractivity contribution in [3.63, 3.8) is 0 Å². The lowest BCUT2D eigenvalue weighted by molar-refractivity contribution is 0.0946. The molecule has 2 N–H and O–H groups in total. The first-order valence-electron chi connectivity index (χ1n) is 7.27. The van der Waals surface area contributed by atoms with Gasteiger partial charge in [0.1, 0.15) is 11.4 Å². The highest BCUT2D eigenvalue weighted by Gasteiger charge is 2.14. The molecule has 0 aliphatic rings. The minimum Gasteiger partial charge on any atom is -0.497 e. The molecule has 0 atom stereocenters. The van der Waals surface area contributed by atoms with Gasteiger partial charge in [0.25, 0.3) is 5.91 Å². The number of benzene rings is 2. The maximum absolute atomic E-state index is 12.4. The first-order chi connectivity index (χ1) is 11.1. The topological polar surface area (TPSA) is 54.1 Å². The van der Waals surface area contributed by atoms with Gasteiger partial charge in [0, 0.05) is 28.5 Å². The first-order valence-corrected chi connectivity index (χ1v) is 7.65. The van der Waals surface area contributed by atoms with E-state index < -0.39 is 0 Å². The van der Waals surface area contributed by atoms with Gasteiger partial charge in [-0.2, -0.15) is 0 Å². The van der Waals surface area contributed by atoms with Crippen molar-refractivity contribution in [3.05, 3.63) is 64.3 Å². The van der Waals surface area contributed by atoms with Crippen molar-refractivity contribution in [2.45, 2.75) is 13.5 Å². The number of aromatic nitrogens is 1. The Labute approximate surface area is 139 Å². The molecule has 1 heterocycles. The van der Waals surface area contributed by atoms with E-state index in [4.69, 9.17) is 16.3 Å². The van der Waals surface area contributed by atoms with E-state index in [9.17, 15) is 4.79 Å². The normalized spacial score (nSPS) is 10.7. The highest BCUT2D eigenvalue weighted by atomic mass is 35.5. The van der Waals surface area contributed by atoms with Gasteiger partial charge in [-0.05, 0) is 42.3 Å². The lowest BCUT2D eigenvalue weighted by Crippen LogP contribution is -2.23. The third kappa shape index (κ3) is 3.17. The number of hydrogen-bond acceptors (Lipinski definition) is 2. The molecule has 0 radical (unpaired) electrons. The van der Waals surface area contributed by atoms with Crippen LogP contribution in [-0.2, 0) is 6.54 Å². The van der Waals surface area contributed by atoms with Gasteiger partial charge in [-0.3, -0.25) is 4.79 Å². The van der Waals surface area contributed by atoms with Gasteiger partial charge in [-0.15, -0.1) is 0 Å². The van der Waals surface area contributed by atoms with Gasteiger partial charge < -0.3 is 15.0 Å². The number of rotatable bonds is 4. The van der Waals surface area contributed by atoms with E-state index >= 15 is 0 Å². The van der Waals surface area contributed by atoms with E-state index in [0.29, 0.717) is 17.3 Å². The van der Waals surface area contributed by atoms with Gasteiger partial charge in [0.05, 0.1) is 7.11 Å². The molecule has 0 bridgehead atoms. The number of fused-ring (bicyclic) bond motifs is 1. The fourth-order valence-corrected chi connectivity index (χ4v) is 2.67. The van der Waals surface area contributed by atoms with Crippen molar-refractivity contribution in [1.29, 1.82) is 0 Å². The number of H-pyrrole nitrogens is 1. The summed E-state index contributed by atoms with van der Waals surface area (Å²) in [6, 6.07) is 13.1. The summed E-state index contributed by atoms with van der Waals surface area (Å²) in [5.41, 5.74) is 3.38. The second-order valence-corrected chi connectivity index (χ2v) is 5.78. The van der Waals surface area contributed by atoms with Crippen LogP contribution in [0.4, 0.5) is 0 Å². The maximum atomic E-state index is 12.4. The smallest absolute Gasteiger partial charge is 0.268 e. The number of hydrogen-bond donors (Lipinski definition) is 2. The van der Waals surface area contributed by atoms with E-state index in [-0.39, 0.29) is 5.91 Å². The highest BCUT2D eigenvalue weighted by molar-refractivity contribution is 6.30. The molecule has 118 valence electrons. The summed E-state index contributed by atoms with van der Waals surface area (Å²) in [5, 5.41) is 4.62. The molecule has 0 saturated carbocycles. The number of carbonyl (C=O) groups excluding carboxylic acids is 1. The maximum Gasteiger partial charge on any atom is 0.268 e. The lowest BCUT2D eigenvalue weighted by atomic mass is 10.1. The van der Waals surface area contributed by atoms with Crippen LogP contribution in [0.15, 0.2) is 42.5 Å².